The zero-order valence-corrected chi connectivity index (χ0v) is 16.3. The van der Waals surface area contributed by atoms with Gasteiger partial charge in [0.1, 0.15) is 5.82 Å². The van der Waals surface area contributed by atoms with Crippen LogP contribution in [0, 0.1) is 6.92 Å². The van der Waals surface area contributed by atoms with Crippen LogP contribution in [0.1, 0.15) is 18.4 Å². The number of aromatic nitrogens is 3. The van der Waals surface area contributed by atoms with E-state index in [2.05, 4.69) is 27.2 Å². The normalized spacial score (nSPS) is 16.0. The molecule has 2 aromatic heterocycles. The summed E-state index contributed by atoms with van der Waals surface area (Å²) in [5.41, 5.74) is 9.33. The molecule has 6 nitrogen and oxygen atoms in total. The molecule has 1 saturated heterocycles. The van der Waals surface area contributed by atoms with E-state index in [9.17, 15) is 0 Å². The Kier molecular flexibility index (Phi) is 4.85. The van der Waals surface area contributed by atoms with E-state index in [-0.39, 0.29) is 0 Å². The summed E-state index contributed by atoms with van der Waals surface area (Å²) in [6.45, 7) is 4.06. The summed E-state index contributed by atoms with van der Waals surface area (Å²) in [6, 6.07) is 10.2. The fourth-order valence-corrected chi connectivity index (χ4v) is 3.78. The summed E-state index contributed by atoms with van der Waals surface area (Å²) in [6.07, 6.45) is 2.11. The molecule has 1 aliphatic rings. The van der Waals surface area contributed by atoms with Gasteiger partial charge < -0.3 is 16.0 Å². The fraction of sp³-hybridized carbons (Fsp3) is 0.350. The molecule has 3 N–H and O–H groups in total. The predicted molar refractivity (Wildman–Crippen MR) is 111 cm³/mol. The molecule has 0 radical (unpaired) electrons. The average molecular weight is 383 g/mol. The Labute approximate surface area is 163 Å². The lowest BCUT2D eigenvalue weighted by molar-refractivity contribution is 0.263. The minimum atomic E-state index is 0.347. The molecule has 1 fully saturated rings. The van der Waals surface area contributed by atoms with Crippen LogP contribution in [-0.4, -0.2) is 46.0 Å². The van der Waals surface area contributed by atoms with Crippen LogP contribution in [0.2, 0.25) is 5.02 Å². The minimum Gasteiger partial charge on any atom is -0.383 e. The number of fused-ring (bicyclic) bond motifs is 1. The Hall–Kier alpha value is -2.44. The molecule has 0 aliphatic carbocycles. The first kappa shape index (κ1) is 17.9. The van der Waals surface area contributed by atoms with E-state index in [1.165, 1.54) is 0 Å². The van der Waals surface area contributed by atoms with Crippen molar-refractivity contribution in [2.45, 2.75) is 25.8 Å². The molecule has 0 amide bonds. The molecule has 4 rings (SSSR count). The number of nitrogens with one attached hydrogen (secondary N) is 1. The van der Waals surface area contributed by atoms with Crippen LogP contribution in [0.25, 0.3) is 22.3 Å². The summed E-state index contributed by atoms with van der Waals surface area (Å²) in [5.74, 6) is 0.935. The summed E-state index contributed by atoms with van der Waals surface area (Å²) in [5, 5.41) is 4.73. The Morgan fingerprint density at radius 3 is 2.52 bits per heavy atom. The first-order chi connectivity index (χ1) is 13.0. The summed E-state index contributed by atoms with van der Waals surface area (Å²) in [7, 11) is 2.14. The summed E-state index contributed by atoms with van der Waals surface area (Å²) >= 11 is 6.59. The molecule has 140 valence electrons. The molecule has 1 aromatic carbocycles. The lowest BCUT2D eigenvalue weighted by atomic mass is 10.1. The van der Waals surface area contributed by atoms with Crippen LogP contribution >= 0.6 is 11.6 Å². The van der Waals surface area contributed by atoms with Crippen LogP contribution in [-0.2, 0) is 0 Å². The quantitative estimate of drug-likeness (QED) is 0.718. The number of likely N-dealkylation sites (tertiary alicyclic amines) is 1. The van der Waals surface area contributed by atoms with Gasteiger partial charge in [0.15, 0.2) is 5.65 Å². The third-order valence-electron chi connectivity index (χ3n) is 5.15. The van der Waals surface area contributed by atoms with Gasteiger partial charge in [-0.2, -0.15) is 9.97 Å². The lowest BCUT2D eigenvalue weighted by Gasteiger charge is -2.29. The molecule has 0 unspecified atom stereocenters. The van der Waals surface area contributed by atoms with Crippen LogP contribution in [0.4, 0.5) is 11.8 Å². The van der Waals surface area contributed by atoms with Gasteiger partial charge in [0, 0.05) is 11.6 Å². The smallest absolute Gasteiger partial charge is 0.226 e. The number of anilines is 2. The van der Waals surface area contributed by atoms with Gasteiger partial charge in [0.2, 0.25) is 5.95 Å². The largest absolute Gasteiger partial charge is 0.383 e. The first-order valence-corrected chi connectivity index (χ1v) is 9.54. The van der Waals surface area contributed by atoms with Crippen molar-refractivity contribution in [3.63, 3.8) is 0 Å². The zero-order valence-electron chi connectivity index (χ0n) is 15.5. The van der Waals surface area contributed by atoms with Gasteiger partial charge in [-0.15, -0.1) is 0 Å². The van der Waals surface area contributed by atoms with Crippen molar-refractivity contribution in [3.05, 3.63) is 40.9 Å². The van der Waals surface area contributed by atoms with Crippen molar-refractivity contribution in [1.29, 1.82) is 0 Å². The number of aryl methyl sites for hydroxylation is 1. The second-order valence-corrected chi connectivity index (χ2v) is 7.50. The van der Waals surface area contributed by atoms with E-state index >= 15 is 0 Å². The van der Waals surface area contributed by atoms with Gasteiger partial charge in [0.25, 0.3) is 0 Å². The predicted octanol–water partition coefficient (Wildman–Crippen LogP) is 3.74. The Bertz CT molecular complexity index is 967. The minimum absolute atomic E-state index is 0.347. The number of nitrogen functional groups attached to an aromatic ring is 1. The molecular formula is C20H23ClN6. The highest BCUT2D eigenvalue weighted by Crippen LogP contribution is 2.35. The molecule has 0 saturated carbocycles. The monoisotopic (exact) mass is 382 g/mol. The SMILES string of the molecule is Cc1c(Cl)c(-c2ccccc2)nc2nc(NC3CCN(C)CC3)nc(N)c12. The van der Waals surface area contributed by atoms with Gasteiger partial charge in [-0.25, -0.2) is 4.98 Å². The van der Waals surface area contributed by atoms with E-state index in [4.69, 9.17) is 22.3 Å². The number of hydrogen-bond donors (Lipinski definition) is 2. The molecule has 0 atom stereocenters. The van der Waals surface area contributed by atoms with E-state index in [1.807, 2.05) is 37.3 Å². The van der Waals surface area contributed by atoms with Crippen LogP contribution in [0.15, 0.2) is 30.3 Å². The van der Waals surface area contributed by atoms with E-state index < -0.39 is 0 Å². The molecule has 0 bridgehead atoms. The molecule has 3 aromatic rings. The second-order valence-electron chi connectivity index (χ2n) is 7.12. The number of pyridine rings is 1. The number of nitrogens with two attached hydrogens (primary N) is 1. The van der Waals surface area contributed by atoms with Crippen LogP contribution in [0.5, 0.6) is 0 Å². The average Bonchev–Trinajstić information content (AvgIpc) is 2.67. The lowest BCUT2D eigenvalue weighted by Crippen LogP contribution is -2.37. The zero-order chi connectivity index (χ0) is 19.0. The number of halogens is 1. The maximum Gasteiger partial charge on any atom is 0.226 e. The van der Waals surface area contributed by atoms with Crippen molar-refractivity contribution in [3.8, 4) is 11.3 Å². The second kappa shape index (κ2) is 7.29. The van der Waals surface area contributed by atoms with Crippen molar-refractivity contribution in [2.75, 3.05) is 31.2 Å². The molecule has 7 heteroatoms. The van der Waals surface area contributed by atoms with E-state index in [1.54, 1.807) is 0 Å². The third kappa shape index (κ3) is 3.55. The molecule has 1 aliphatic heterocycles. The van der Waals surface area contributed by atoms with Crippen molar-refractivity contribution in [1.82, 2.24) is 19.9 Å². The highest BCUT2D eigenvalue weighted by atomic mass is 35.5. The summed E-state index contributed by atoms with van der Waals surface area (Å²) < 4.78 is 0. The van der Waals surface area contributed by atoms with E-state index in [0.717, 1.165) is 37.1 Å². The molecule has 3 heterocycles. The van der Waals surface area contributed by atoms with Crippen molar-refractivity contribution in [2.24, 2.45) is 0 Å². The van der Waals surface area contributed by atoms with Crippen LogP contribution < -0.4 is 11.1 Å². The molecular weight excluding hydrogens is 360 g/mol. The first-order valence-electron chi connectivity index (χ1n) is 9.16. The van der Waals surface area contributed by atoms with Gasteiger partial charge in [-0.3, -0.25) is 0 Å². The standard InChI is InChI=1S/C20H23ClN6/c1-12-15-18(22)25-20(23-14-8-10-27(2)11-9-14)26-19(15)24-17(16(12)21)13-6-4-3-5-7-13/h3-7,14H,8-11H2,1-2H3,(H3,22,23,24,25,26). The Balaban J connectivity index is 1.75. The Morgan fingerprint density at radius 1 is 1.11 bits per heavy atom. The fourth-order valence-electron chi connectivity index (χ4n) is 3.54. The topological polar surface area (TPSA) is 80.0 Å². The molecule has 27 heavy (non-hydrogen) atoms. The van der Waals surface area contributed by atoms with Crippen molar-refractivity contribution >= 4 is 34.4 Å². The third-order valence-corrected chi connectivity index (χ3v) is 5.61. The van der Waals surface area contributed by atoms with E-state index in [0.29, 0.717) is 39.6 Å². The number of nitrogens with zero attached hydrogens (tertiary/aromatic N) is 4. The van der Waals surface area contributed by atoms with Crippen LogP contribution in [0.3, 0.4) is 0 Å². The maximum absolute atomic E-state index is 6.59. The highest BCUT2D eigenvalue weighted by Gasteiger charge is 2.20. The number of hydrogen-bond acceptors (Lipinski definition) is 6. The Morgan fingerprint density at radius 2 is 1.81 bits per heavy atom. The number of piperidine rings is 1. The highest BCUT2D eigenvalue weighted by molar-refractivity contribution is 6.34. The van der Waals surface area contributed by atoms with Gasteiger partial charge in [-0.05, 0) is 45.5 Å². The maximum atomic E-state index is 6.59. The van der Waals surface area contributed by atoms with Gasteiger partial charge >= 0.3 is 0 Å². The number of benzene rings is 1. The molecule has 0 spiro atoms. The summed E-state index contributed by atoms with van der Waals surface area (Å²) in [4.78, 5) is 16.2. The van der Waals surface area contributed by atoms with Gasteiger partial charge in [-0.1, -0.05) is 41.9 Å². The number of rotatable bonds is 3. The van der Waals surface area contributed by atoms with Crippen molar-refractivity contribution < 1.29 is 0 Å². The van der Waals surface area contributed by atoms with Gasteiger partial charge in [0.05, 0.1) is 16.1 Å².